The molecule has 7 rings (SSSR count). The fraction of sp³-hybridized carbons (Fsp3) is 0.609. The number of carbonyl (C=O) groups is 5. The van der Waals surface area contributed by atoms with Crippen molar-refractivity contribution < 1.29 is 37.9 Å². The van der Waals surface area contributed by atoms with E-state index in [1.165, 1.54) is 22.3 Å². The molecule has 0 saturated carbocycles. The number of likely N-dealkylation sites (N-methyl/N-ethyl adjacent to an activating group) is 2. The van der Waals surface area contributed by atoms with Crippen LogP contribution in [0.3, 0.4) is 0 Å². The maximum absolute atomic E-state index is 13.7. The second kappa shape index (κ2) is 22.3. The number of fused-ring (bicyclic) bond motifs is 2. The molecule has 0 spiro atoms. The number of rotatable bonds is 10. The van der Waals surface area contributed by atoms with Crippen molar-refractivity contribution in [2.24, 2.45) is 13.0 Å². The molecule has 1 N–H and O–H groups in total. The zero-order chi connectivity index (χ0) is 44.5. The first-order chi connectivity index (χ1) is 29.7. The van der Waals surface area contributed by atoms with Gasteiger partial charge >= 0.3 is 23.8 Å². The Morgan fingerprint density at radius 2 is 1.57 bits per heavy atom. The van der Waals surface area contributed by atoms with Crippen molar-refractivity contribution in [3.05, 3.63) is 63.6 Å². The van der Waals surface area contributed by atoms with E-state index in [-0.39, 0.29) is 50.3 Å². The second-order valence-corrected chi connectivity index (χ2v) is 17.4. The van der Waals surface area contributed by atoms with Crippen molar-refractivity contribution >= 4 is 46.7 Å². The molecule has 1 atom stereocenters. The van der Waals surface area contributed by atoms with Gasteiger partial charge in [-0.1, -0.05) is 38.6 Å². The normalized spacial score (nSPS) is 18.3. The number of ether oxygens (including phenoxy) is 2. The van der Waals surface area contributed by atoms with Crippen LogP contribution in [0, 0.1) is 12.8 Å². The van der Waals surface area contributed by atoms with E-state index in [9.17, 15) is 28.8 Å². The molecule has 5 amide bonds. The van der Waals surface area contributed by atoms with Gasteiger partial charge in [-0.05, 0) is 93.9 Å². The predicted octanol–water partition coefficient (Wildman–Crippen LogP) is 4.19. The third kappa shape index (κ3) is 12.8. The zero-order valence-corrected chi connectivity index (χ0v) is 37.2. The van der Waals surface area contributed by atoms with E-state index in [2.05, 4.69) is 22.0 Å². The molecule has 63 heavy (non-hydrogen) atoms. The molecule has 4 aliphatic heterocycles. The molecular weight excluding hydrogens is 809 g/mol. The van der Waals surface area contributed by atoms with Crippen molar-refractivity contribution in [2.75, 3.05) is 98.5 Å². The summed E-state index contributed by atoms with van der Waals surface area (Å²) in [5.74, 6) is -0.360. The number of aromatic nitrogens is 1. The van der Waals surface area contributed by atoms with Crippen LogP contribution >= 0.6 is 0 Å². The van der Waals surface area contributed by atoms with E-state index in [4.69, 9.17) is 13.9 Å². The molecule has 0 unspecified atom stereocenters. The number of carbonyl (C=O) groups excluding carboxylic acids is 5. The van der Waals surface area contributed by atoms with Gasteiger partial charge in [0.2, 0.25) is 0 Å². The standard InChI is InChI=1S/C32H40N6O6.C13H24N2O3.CH4/c1-21-18-22(19-26-28(21)35(3)31(41)43-26)20-27(29(39)36-16-14-34(2)15-17-36)44-32(42)37-11-9-24(10-12-37)38-13-8-23-6-4-5-7-25(23)33-30(38)40;1-11-4-7-15(8-5-11)9-6-13(17)18-10-12(16)14(2)3;/h4-7,18-19,24,27H,8-17,20H2,1-3H3,(H,33,40);11H,4-10H2,1-3H3;1H4/t27-;;/m1../s1. The number of urea groups is 1. The highest BCUT2D eigenvalue weighted by Crippen LogP contribution is 2.26. The number of para-hydroxylation sites is 1. The van der Waals surface area contributed by atoms with Gasteiger partial charge in [-0.15, -0.1) is 0 Å². The summed E-state index contributed by atoms with van der Waals surface area (Å²) in [6.07, 6.45) is 3.40. The molecule has 17 heteroatoms. The first-order valence-electron chi connectivity index (χ1n) is 21.9. The summed E-state index contributed by atoms with van der Waals surface area (Å²) >= 11 is 0. The van der Waals surface area contributed by atoms with Gasteiger partial charge in [0.05, 0.1) is 11.9 Å². The van der Waals surface area contributed by atoms with E-state index in [1.807, 2.05) is 49.2 Å². The van der Waals surface area contributed by atoms with Crippen LogP contribution in [0.25, 0.3) is 11.1 Å². The van der Waals surface area contributed by atoms with E-state index in [0.29, 0.717) is 63.1 Å². The third-order valence-electron chi connectivity index (χ3n) is 12.6. The van der Waals surface area contributed by atoms with Crippen LogP contribution in [0.1, 0.15) is 63.1 Å². The lowest BCUT2D eigenvalue weighted by molar-refractivity contribution is -0.151. The monoisotopic (exact) mass is 877 g/mol. The Kier molecular flexibility index (Phi) is 17.2. The highest BCUT2D eigenvalue weighted by Gasteiger charge is 2.35. The molecular formula is C46H68N8O9. The first-order valence-corrected chi connectivity index (χ1v) is 21.9. The van der Waals surface area contributed by atoms with E-state index >= 15 is 0 Å². The van der Waals surface area contributed by atoms with Gasteiger partial charge in [0.25, 0.3) is 11.8 Å². The molecule has 4 aliphatic rings. The molecule has 3 aromatic rings. The van der Waals surface area contributed by atoms with Gasteiger partial charge in [0.15, 0.2) is 18.3 Å². The lowest BCUT2D eigenvalue weighted by Gasteiger charge is -2.38. The highest BCUT2D eigenvalue weighted by atomic mass is 16.6. The zero-order valence-electron chi connectivity index (χ0n) is 37.2. The van der Waals surface area contributed by atoms with Crippen molar-refractivity contribution in [3.8, 4) is 0 Å². The van der Waals surface area contributed by atoms with Gasteiger partial charge in [-0.25, -0.2) is 14.4 Å². The molecule has 17 nitrogen and oxygen atoms in total. The third-order valence-corrected chi connectivity index (χ3v) is 12.6. The van der Waals surface area contributed by atoms with Gasteiger partial charge in [0, 0.05) is 91.7 Å². The molecule has 3 fully saturated rings. The summed E-state index contributed by atoms with van der Waals surface area (Å²) in [6, 6.07) is 11.4. The summed E-state index contributed by atoms with van der Waals surface area (Å²) in [4.78, 5) is 86.2. The Labute approximate surface area is 371 Å². The molecule has 0 aliphatic carbocycles. The van der Waals surface area contributed by atoms with Crippen LogP contribution in [0.4, 0.5) is 15.3 Å². The fourth-order valence-electron chi connectivity index (χ4n) is 8.50. The summed E-state index contributed by atoms with van der Waals surface area (Å²) in [5, 5.41) is 3.03. The Hall–Kier alpha value is -5.42. The average Bonchev–Trinajstić information content (AvgIpc) is 3.43. The fourth-order valence-corrected chi connectivity index (χ4v) is 8.50. The van der Waals surface area contributed by atoms with Crippen LogP contribution < -0.4 is 11.1 Å². The number of likely N-dealkylation sites (tertiary alicyclic amines) is 2. The number of oxazole rings is 1. The van der Waals surface area contributed by atoms with Crippen molar-refractivity contribution in [1.29, 1.82) is 0 Å². The average molecular weight is 877 g/mol. The maximum Gasteiger partial charge on any atom is 0.419 e. The number of hydrogen-bond donors (Lipinski definition) is 1. The smallest absolute Gasteiger partial charge is 0.419 e. The number of esters is 1. The Morgan fingerprint density at radius 1 is 0.889 bits per heavy atom. The molecule has 346 valence electrons. The largest absolute Gasteiger partial charge is 0.456 e. The molecule has 3 saturated heterocycles. The van der Waals surface area contributed by atoms with Crippen molar-refractivity contribution in [1.82, 2.24) is 34.0 Å². The van der Waals surface area contributed by atoms with Crippen LogP contribution in [-0.2, 0) is 43.7 Å². The number of amides is 5. The van der Waals surface area contributed by atoms with Gasteiger partial charge in [-0.2, -0.15) is 0 Å². The quantitative estimate of drug-likeness (QED) is 0.290. The summed E-state index contributed by atoms with van der Waals surface area (Å²) < 4.78 is 17.8. The minimum Gasteiger partial charge on any atom is -0.456 e. The number of piperidine rings is 2. The first kappa shape index (κ1) is 48.6. The highest BCUT2D eigenvalue weighted by molar-refractivity contribution is 5.91. The summed E-state index contributed by atoms with van der Waals surface area (Å²) in [5.41, 5.74) is 4.68. The number of aryl methyl sites for hydroxylation is 2. The Balaban J connectivity index is 0.000000333. The van der Waals surface area contributed by atoms with Crippen LogP contribution in [0.2, 0.25) is 0 Å². The molecule has 1 aromatic heterocycles. The van der Waals surface area contributed by atoms with E-state index < -0.39 is 18.0 Å². The van der Waals surface area contributed by atoms with E-state index in [1.54, 1.807) is 37.0 Å². The number of piperazine rings is 1. The molecule has 2 aromatic carbocycles. The molecule has 0 radical (unpaired) electrons. The van der Waals surface area contributed by atoms with Crippen LogP contribution in [0.15, 0.2) is 45.6 Å². The summed E-state index contributed by atoms with van der Waals surface area (Å²) in [7, 11) is 6.96. The SMILES string of the molecule is C.CC1CCN(CCC(=O)OCC(=O)N(C)C)CC1.Cc1cc(C[C@@H](OC(=O)N2CCC(N3CCc4ccccc4NC3=O)CC2)C(=O)N2CCN(C)CC2)cc2oc(=O)n(C)c12. The Morgan fingerprint density at radius 3 is 2.25 bits per heavy atom. The number of nitrogens with zero attached hydrogens (tertiary/aromatic N) is 7. The number of benzene rings is 2. The molecule has 0 bridgehead atoms. The number of nitrogens with one attached hydrogen (secondary N) is 1. The Bertz CT molecular complexity index is 2110. The van der Waals surface area contributed by atoms with Crippen LogP contribution in [-0.4, -0.2) is 169 Å². The van der Waals surface area contributed by atoms with Gasteiger partial charge < -0.3 is 48.6 Å². The van der Waals surface area contributed by atoms with Gasteiger partial charge in [-0.3, -0.25) is 19.0 Å². The van der Waals surface area contributed by atoms with Crippen molar-refractivity contribution in [3.63, 3.8) is 0 Å². The van der Waals surface area contributed by atoms with Gasteiger partial charge in [0.1, 0.15) is 0 Å². The van der Waals surface area contributed by atoms with Crippen LogP contribution in [0.5, 0.6) is 0 Å². The minimum absolute atomic E-state index is 0. The van der Waals surface area contributed by atoms with Crippen molar-refractivity contribution in [2.45, 2.75) is 78.4 Å². The lowest BCUT2D eigenvalue weighted by atomic mass is 9.99. The lowest BCUT2D eigenvalue weighted by Crippen LogP contribution is -2.53. The maximum atomic E-state index is 13.7. The second-order valence-electron chi connectivity index (χ2n) is 17.4. The number of hydrogen-bond acceptors (Lipinski definition) is 11. The topological polar surface area (TPSA) is 170 Å². The van der Waals surface area contributed by atoms with E-state index in [0.717, 1.165) is 67.4 Å². The predicted molar refractivity (Wildman–Crippen MR) is 241 cm³/mol. The number of anilines is 1. The molecule has 5 heterocycles. The summed E-state index contributed by atoms with van der Waals surface area (Å²) in [6.45, 7) is 10.9. The minimum atomic E-state index is -1.02.